The van der Waals surface area contributed by atoms with E-state index in [1.165, 1.54) is 11.3 Å². The van der Waals surface area contributed by atoms with E-state index in [1.54, 1.807) is 13.2 Å². The van der Waals surface area contributed by atoms with Crippen molar-refractivity contribution in [2.75, 3.05) is 26.9 Å². The SMILES string of the molecule is COCCCN=C(NC(=O)c1cccs1)OCC(C)C. The van der Waals surface area contributed by atoms with Crippen molar-refractivity contribution in [3.63, 3.8) is 0 Å². The lowest BCUT2D eigenvalue weighted by atomic mass is 10.2. The minimum Gasteiger partial charge on any atom is -0.465 e. The van der Waals surface area contributed by atoms with E-state index in [1.807, 2.05) is 25.3 Å². The van der Waals surface area contributed by atoms with E-state index >= 15 is 0 Å². The molecule has 1 heterocycles. The number of nitrogens with zero attached hydrogens (tertiary/aromatic N) is 1. The fourth-order valence-electron chi connectivity index (χ4n) is 1.32. The van der Waals surface area contributed by atoms with Crippen LogP contribution in [0.3, 0.4) is 0 Å². The third-order valence-electron chi connectivity index (χ3n) is 2.28. The minimum absolute atomic E-state index is 0.186. The van der Waals surface area contributed by atoms with Gasteiger partial charge in [-0.25, -0.2) is 4.99 Å². The summed E-state index contributed by atoms with van der Waals surface area (Å²) in [6, 6.07) is 3.89. The molecule has 0 unspecified atom stereocenters. The Morgan fingerprint density at radius 3 is 2.90 bits per heavy atom. The zero-order valence-corrected chi connectivity index (χ0v) is 13.0. The van der Waals surface area contributed by atoms with Crippen LogP contribution in [-0.2, 0) is 9.47 Å². The molecule has 0 aliphatic carbocycles. The Bertz CT molecular complexity index is 416. The third kappa shape index (κ3) is 6.68. The number of amidine groups is 1. The van der Waals surface area contributed by atoms with Gasteiger partial charge >= 0.3 is 0 Å². The molecule has 0 saturated carbocycles. The average Bonchev–Trinajstić information content (AvgIpc) is 2.94. The minimum atomic E-state index is -0.186. The summed E-state index contributed by atoms with van der Waals surface area (Å²) in [5.41, 5.74) is 0. The molecule has 20 heavy (non-hydrogen) atoms. The Balaban J connectivity index is 2.54. The quantitative estimate of drug-likeness (QED) is 0.478. The van der Waals surface area contributed by atoms with Crippen molar-refractivity contribution in [1.82, 2.24) is 5.32 Å². The van der Waals surface area contributed by atoms with Gasteiger partial charge in [0, 0.05) is 20.3 Å². The first-order valence-electron chi connectivity index (χ1n) is 6.64. The lowest BCUT2D eigenvalue weighted by Crippen LogP contribution is -2.33. The van der Waals surface area contributed by atoms with Crippen LogP contribution in [0.15, 0.2) is 22.5 Å². The summed E-state index contributed by atoms with van der Waals surface area (Å²) < 4.78 is 10.5. The molecule has 1 rings (SSSR count). The maximum absolute atomic E-state index is 12.0. The lowest BCUT2D eigenvalue weighted by molar-refractivity contribution is 0.0967. The van der Waals surface area contributed by atoms with Gasteiger partial charge in [0.25, 0.3) is 11.9 Å². The van der Waals surface area contributed by atoms with Crippen LogP contribution < -0.4 is 5.32 Å². The highest BCUT2D eigenvalue weighted by molar-refractivity contribution is 7.12. The molecule has 0 bridgehead atoms. The lowest BCUT2D eigenvalue weighted by Gasteiger charge is -2.12. The summed E-state index contributed by atoms with van der Waals surface area (Å²) in [4.78, 5) is 16.9. The molecule has 1 aromatic rings. The van der Waals surface area contributed by atoms with E-state index in [0.29, 0.717) is 30.6 Å². The van der Waals surface area contributed by atoms with Crippen molar-refractivity contribution in [1.29, 1.82) is 0 Å². The molecule has 0 aliphatic heterocycles. The number of amides is 1. The molecule has 0 saturated heterocycles. The highest BCUT2D eigenvalue weighted by Crippen LogP contribution is 2.08. The van der Waals surface area contributed by atoms with Crippen LogP contribution >= 0.6 is 11.3 Å². The average molecular weight is 298 g/mol. The molecule has 1 amide bonds. The van der Waals surface area contributed by atoms with E-state index in [-0.39, 0.29) is 11.9 Å². The summed E-state index contributed by atoms with van der Waals surface area (Å²) in [5.74, 6) is 0.187. The Morgan fingerprint density at radius 2 is 2.30 bits per heavy atom. The second-order valence-corrected chi connectivity index (χ2v) is 5.62. The molecule has 1 aromatic heterocycles. The molecule has 0 atom stereocenters. The first kappa shape index (κ1) is 16.7. The first-order valence-corrected chi connectivity index (χ1v) is 7.52. The smallest absolute Gasteiger partial charge is 0.291 e. The van der Waals surface area contributed by atoms with Crippen LogP contribution in [0.25, 0.3) is 0 Å². The van der Waals surface area contributed by atoms with Gasteiger partial charge in [-0.2, -0.15) is 0 Å². The van der Waals surface area contributed by atoms with Gasteiger partial charge < -0.3 is 9.47 Å². The molecule has 0 spiro atoms. The summed E-state index contributed by atoms with van der Waals surface area (Å²) in [5, 5.41) is 4.57. The van der Waals surface area contributed by atoms with Crippen LogP contribution in [0.4, 0.5) is 0 Å². The third-order valence-corrected chi connectivity index (χ3v) is 3.15. The molecule has 112 valence electrons. The van der Waals surface area contributed by atoms with Gasteiger partial charge in [-0.3, -0.25) is 10.1 Å². The van der Waals surface area contributed by atoms with Gasteiger partial charge in [-0.1, -0.05) is 19.9 Å². The van der Waals surface area contributed by atoms with Crippen molar-refractivity contribution < 1.29 is 14.3 Å². The monoisotopic (exact) mass is 298 g/mol. The van der Waals surface area contributed by atoms with Gasteiger partial charge in [-0.15, -0.1) is 11.3 Å². The van der Waals surface area contributed by atoms with Gasteiger partial charge in [0.2, 0.25) is 0 Å². The largest absolute Gasteiger partial charge is 0.465 e. The second kappa shape index (κ2) is 9.50. The van der Waals surface area contributed by atoms with Crippen LogP contribution in [0.5, 0.6) is 0 Å². The zero-order chi connectivity index (χ0) is 14.8. The van der Waals surface area contributed by atoms with Crippen LogP contribution in [0.2, 0.25) is 0 Å². The number of rotatable bonds is 7. The molecular formula is C14H22N2O3S. The number of carbonyl (C=O) groups excluding carboxylic acids is 1. The fraction of sp³-hybridized carbons (Fsp3) is 0.571. The highest BCUT2D eigenvalue weighted by atomic mass is 32.1. The predicted octanol–water partition coefficient (Wildman–Crippen LogP) is 2.54. The number of hydrogen-bond acceptors (Lipinski definition) is 5. The maximum atomic E-state index is 12.0. The van der Waals surface area contributed by atoms with Crippen molar-refractivity contribution in [3.8, 4) is 0 Å². The first-order chi connectivity index (χ1) is 9.63. The summed E-state index contributed by atoms with van der Waals surface area (Å²) in [7, 11) is 1.65. The molecular weight excluding hydrogens is 276 g/mol. The van der Waals surface area contributed by atoms with Gasteiger partial charge in [-0.05, 0) is 23.8 Å². The Labute approximate surface area is 124 Å². The number of hydrogen-bond donors (Lipinski definition) is 1. The van der Waals surface area contributed by atoms with Crippen LogP contribution in [0, 0.1) is 5.92 Å². The van der Waals surface area contributed by atoms with E-state index in [2.05, 4.69) is 10.3 Å². The van der Waals surface area contributed by atoms with Gasteiger partial charge in [0.1, 0.15) is 0 Å². The predicted molar refractivity (Wildman–Crippen MR) is 81.4 cm³/mol. The number of aliphatic imine (C=N–C) groups is 1. The standard InChI is InChI=1S/C14H22N2O3S/c1-11(2)10-19-14(15-7-5-8-18-3)16-13(17)12-6-4-9-20-12/h4,6,9,11H,5,7-8,10H2,1-3H3,(H,15,16,17). The topological polar surface area (TPSA) is 59.9 Å². The number of thiophene rings is 1. The van der Waals surface area contributed by atoms with E-state index in [4.69, 9.17) is 9.47 Å². The Hall–Kier alpha value is -1.40. The number of methoxy groups -OCH3 is 1. The number of nitrogens with one attached hydrogen (secondary N) is 1. The Kier molecular flexibility index (Phi) is 7.91. The molecule has 1 N–H and O–H groups in total. The van der Waals surface area contributed by atoms with E-state index in [0.717, 1.165) is 6.42 Å². The fourth-order valence-corrected chi connectivity index (χ4v) is 1.94. The molecule has 0 fully saturated rings. The molecule has 0 aromatic carbocycles. The van der Waals surface area contributed by atoms with Gasteiger partial charge in [0.05, 0.1) is 11.5 Å². The van der Waals surface area contributed by atoms with Crippen molar-refractivity contribution in [2.45, 2.75) is 20.3 Å². The summed E-state index contributed by atoms with van der Waals surface area (Å²) in [6.45, 7) is 5.81. The van der Waals surface area contributed by atoms with Gasteiger partial charge in [0.15, 0.2) is 0 Å². The molecule has 0 radical (unpaired) electrons. The van der Waals surface area contributed by atoms with Crippen molar-refractivity contribution in [2.24, 2.45) is 10.9 Å². The highest BCUT2D eigenvalue weighted by Gasteiger charge is 2.11. The van der Waals surface area contributed by atoms with E-state index < -0.39 is 0 Å². The molecule has 0 aliphatic rings. The summed E-state index contributed by atoms with van der Waals surface area (Å²) in [6.07, 6.45) is 0.792. The van der Waals surface area contributed by atoms with Crippen molar-refractivity contribution >= 4 is 23.3 Å². The Morgan fingerprint density at radius 1 is 1.50 bits per heavy atom. The molecule has 5 nitrogen and oxygen atoms in total. The second-order valence-electron chi connectivity index (χ2n) is 4.67. The van der Waals surface area contributed by atoms with Crippen molar-refractivity contribution in [3.05, 3.63) is 22.4 Å². The number of carbonyl (C=O) groups is 1. The molecule has 6 heteroatoms. The summed E-state index contributed by atoms with van der Waals surface area (Å²) >= 11 is 1.39. The van der Waals surface area contributed by atoms with Crippen LogP contribution in [0.1, 0.15) is 29.9 Å². The van der Waals surface area contributed by atoms with E-state index in [9.17, 15) is 4.79 Å². The van der Waals surface area contributed by atoms with Crippen LogP contribution in [-0.4, -0.2) is 38.8 Å². The maximum Gasteiger partial charge on any atom is 0.291 e. The zero-order valence-electron chi connectivity index (χ0n) is 12.2. The number of ether oxygens (including phenoxy) is 2. The normalized spacial score (nSPS) is 11.7.